The number of aromatic nitrogens is 2. The summed E-state index contributed by atoms with van der Waals surface area (Å²) in [6.07, 6.45) is 2.02. The average molecular weight is 521 g/mol. The van der Waals surface area contributed by atoms with Gasteiger partial charge in [-0.2, -0.15) is 0 Å². The van der Waals surface area contributed by atoms with E-state index in [1.807, 2.05) is 51.1 Å². The SMILES string of the molecule is CCC(=O)Nc1ccc(Sc2nc(N=C(N)C=C(C)N)cc(N3CCN(C(C)(C)CO)CC3)n2)cc1.[HH].[HH].[HH].[HH]. The third-order valence-electron chi connectivity index (χ3n) is 5.81. The monoisotopic (exact) mass is 520 g/mol. The van der Waals surface area contributed by atoms with Gasteiger partial charge in [0.25, 0.3) is 0 Å². The second-order valence-electron chi connectivity index (χ2n) is 9.26. The van der Waals surface area contributed by atoms with Gasteiger partial charge < -0.3 is 26.8 Å². The number of anilines is 2. The molecule has 0 atom stereocenters. The number of amides is 1. The van der Waals surface area contributed by atoms with Crippen LogP contribution >= 0.6 is 11.8 Å². The molecular weight excluding hydrogens is 476 g/mol. The molecule has 1 aliphatic rings. The Balaban J connectivity index is 0. The molecule has 1 aromatic heterocycles. The van der Waals surface area contributed by atoms with E-state index in [4.69, 9.17) is 16.5 Å². The van der Waals surface area contributed by atoms with Crippen molar-refractivity contribution in [3.63, 3.8) is 0 Å². The number of nitrogens with zero attached hydrogens (tertiary/aromatic N) is 5. The van der Waals surface area contributed by atoms with Crippen molar-refractivity contribution in [1.82, 2.24) is 14.9 Å². The summed E-state index contributed by atoms with van der Waals surface area (Å²) >= 11 is 1.41. The lowest BCUT2D eigenvalue weighted by molar-refractivity contribution is -0.115. The highest BCUT2D eigenvalue weighted by atomic mass is 32.2. The number of hydrogen-bond acceptors (Lipinski definition) is 9. The van der Waals surface area contributed by atoms with Gasteiger partial charge in [0, 0.05) is 66.2 Å². The van der Waals surface area contributed by atoms with Gasteiger partial charge in [-0.15, -0.1) is 0 Å². The van der Waals surface area contributed by atoms with Gasteiger partial charge in [0.2, 0.25) is 5.91 Å². The number of amidine groups is 1. The number of nitrogens with two attached hydrogens (primary N) is 2. The summed E-state index contributed by atoms with van der Waals surface area (Å²) in [5.41, 5.74) is 12.8. The van der Waals surface area contributed by atoms with Gasteiger partial charge in [-0.25, -0.2) is 15.0 Å². The fourth-order valence-corrected chi connectivity index (χ4v) is 4.43. The lowest BCUT2D eigenvalue weighted by Gasteiger charge is -2.43. The molecule has 10 nitrogen and oxygen atoms in total. The Labute approximate surface area is 222 Å². The van der Waals surface area contributed by atoms with Gasteiger partial charge in [-0.05, 0) is 62.9 Å². The third kappa shape index (κ3) is 7.67. The Morgan fingerprint density at radius 2 is 1.89 bits per heavy atom. The largest absolute Gasteiger partial charge is 0.402 e. The van der Waals surface area contributed by atoms with E-state index in [1.165, 1.54) is 11.8 Å². The molecule has 0 spiro atoms. The quantitative estimate of drug-likeness (QED) is 0.221. The molecule has 11 heteroatoms. The lowest BCUT2D eigenvalue weighted by atomic mass is 10.0. The lowest BCUT2D eigenvalue weighted by Crippen LogP contribution is -2.56. The minimum Gasteiger partial charge on any atom is -0.402 e. The van der Waals surface area contributed by atoms with Crippen LogP contribution in [0, 0.1) is 0 Å². The van der Waals surface area contributed by atoms with Gasteiger partial charge in [-0.3, -0.25) is 9.69 Å². The molecule has 0 aliphatic carbocycles. The van der Waals surface area contributed by atoms with E-state index < -0.39 is 0 Å². The molecule has 3 rings (SSSR count). The van der Waals surface area contributed by atoms with Crippen LogP contribution < -0.4 is 21.7 Å². The van der Waals surface area contributed by atoms with Crippen LogP contribution in [0.25, 0.3) is 0 Å². The molecular formula is C25H44N8O2S. The van der Waals surface area contributed by atoms with Crippen LogP contribution in [0.1, 0.15) is 39.8 Å². The third-order valence-corrected chi connectivity index (χ3v) is 6.69. The van der Waals surface area contributed by atoms with E-state index in [2.05, 4.69) is 25.1 Å². The van der Waals surface area contributed by atoms with Crippen molar-refractivity contribution in [2.24, 2.45) is 16.5 Å². The number of hydrogen-bond donors (Lipinski definition) is 4. The average Bonchev–Trinajstić information content (AvgIpc) is 2.84. The van der Waals surface area contributed by atoms with E-state index in [1.54, 1.807) is 13.0 Å². The van der Waals surface area contributed by atoms with Crippen molar-refractivity contribution >= 4 is 40.8 Å². The first-order valence-corrected chi connectivity index (χ1v) is 12.8. The number of aliphatic hydroxyl groups excluding tert-OH is 1. The maximum atomic E-state index is 11.6. The number of rotatable bonds is 9. The molecule has 1 saturated heterocycles. The Kier molecular flexibility index (Phi) is 9.30. The molecule has 6 N–H and O–H groups in total. The van der Waals surface area contributed by atoms with Crippen LogP contribution in [0.5, 0.6) is 0 Å². The van der Waals surface area contributed by atoms with Crippen LogP contribution in [0.3, 0.4) is 0 Å². The zero-order chi connectivity index (χ0) is 26.3. The fourth-order valence-electron chi connectivity index (χ4n) is 3.67. The highest BCUT2D eigenvalue weighted by Gasteiger charge is 2.30. The highest BCUT2D eigenvalue weighted by molar-refractivity contribution is 7.99. The second kappa shape index (κ2) is 12.2. The molecule has 0 saturated carbocycles. The van der Waals surface area contributed by atoms with E-state index in [9.17, 15) is 9.90 Å². The minimum atomic E-state index is -0.266. The zero-order valence-corrected chi connectivity index (χ0v) is 22.2. The molecule has 1 fully saturated rings. The summed E-state index contributed by atoms with van der Waals surface area (Å²) < 4.78 is 0. The number of carbonyl (C=O) groups is 1. The van der Waals surface area contributed by atoms with Gasteiger partial charge in [0.15, 0.2) is 11.0 Å². The summed E-state index contributed by atoms with van der Waals surface area (Å²) in [7, 11) is 0. The molecule has 1 aliphatic heterocycles. The summed E-state index contributed by atoms with van der Waals surface area (Å²) in [5, 5.41) is 13.1. The number of benzene rings is 1. The first-order valence-electron chi connectivity index (χ1n) is 11.9. The van der Waals surface area contributed by atoms with Crippen LogP contribution in [0.2, 0.25) is 0 Å². The van der Waals surface area contributed by atoms with E-state index >= 15 is 0 Å². The topological polar surface area (TPSA) is 146 Å². The van der Waals surface area contributed by atoms with Gasteiger partial charge >= 0.3 is 0 Å². The molecule has 1 aromatic carbocycles. The molecule has 0 bridgehead atoms. The highest BCUT2D eigenvalue weighted by Crippen LogP contribution is 2.30. The second-order valence-corrected chi connectivity index (χ2v) is 10.3. The van der Waals surface area contributed by atoms with Crippen molar-refractivity contribution in [1.29, 1.82) is 0 Å². The van der Waals surface area contributed by atoms with Crippen LogP contribution in [-0.4, -0.2) is 70.0 Å². The predicted molar refractivity (Wildman–Crippen MR) is 154 cm³/mol. The first-order chi connectivity index (χ1) is 17.1. The van der Waals surface area contributed by atoms with Gasteiger partial charge in [0.05, 0.1) is 6.61 Å². The standard InChI is InChI=1S/C25H36N8O2S.4H2/c1-5-23(35)28-18-6-8-19(9-7-18)36-24-30-21(29-20(27)14-17(2)26)15-22(31-24)32-10-12-33(13-11-32)25(3,4)16-34;;;;/h6-9,14-15,34H,5,10-13,16,26H2,1-4H3,(H,28,35)(H2,27,29,30,31);4*1H. The summed E-state index contributed by atoms with van der Waals surface area (Å²) in [6.45, 7) is 10.9. The minimum absolute atomic E-state index is 0. The Hall–Kier alpha value is -3.15. The zero-order valence-electron chi connectivity index (χ0n) is 21.4. The summed E-state index contributed by atoms with van der Waals surface area (Å²) in [5.74, 6) is 1.44. The summed E-state index contributed by atoms with van der Waals surface area (Å²) in [6, 6.07) is 9.37. The first kappa shape index (κ1) is 27.4. The number of aliphatic hydroxyl groups is 1. The van der Waals surface area contributed by atoms with Crippen molar-refractivity contribution < 1.29 is 15.6 Å². The number of allylic oxidation sites excluding steroid dienone is 1. The van der Waals surface area contributed by atoms with Crippen molar-refractivity contribution in [2.45, 2.75) is 49.7 Å². The van der Waals surface area contributed by atoms with E-state index in [0.29, 0.717) is 23.1 Å². The smallest absolute Gasteiger partial charge is 0.224 e. The predicted octanol–water partition coefficient (Wildman–Crippen LogP) is 3.70. The van der Waals surface area contributed by atoms with Crippen LogP contribution in [0.15, 0.2) is 57.1 Å². The van der Waals surface area contributed by atoms with Gasteiger partial charge in [-0.1, -0.05) is 6.92 Å². The number of nitrogens with one attached hydrogen (secondary N) is 1. The Morgan fingerprint density at radius 1 is 1.22 bits per heavy atom. The maximum absolute atomic E-state index is 11.6. The van der Waals surface area contributed by atoms with Crippen molar-refractivity contribution in [2.75, 3.05) is 43.0 Å². The van der Waals surface area contributed by atoms with E-state index in [-0.39, 0.29) is 29.6 Å². The number of piperazine rings is 1. The Morgan fingerprint density at radius 3 is 2.47 bits per heavy atom. The molecule has 0 radical (unpaired) electrons. The molecule has 2 heterocycles. The molecule has 202 valence electrons. The Bertz CT molecular complexity index is 1120. The molecule has 2 aromatic rings. The van der Waals surface area contributed by atoms with Crippen LogP contribution in [-0.2, 0) is 4.79 Å². The molecule has 0 unspecified atom stereocenters. The molecule has 36 heavy (non-hydrogen) atoms. The number of aliphatic imine (C=N–C) groups is 1. The van der Waals surface area contributed by atoms with Crippen molar-refractivity contribution in [3.05, 3.63) is 42.1 Å². The van der Waals surface area contributed by atoms with E-state index in [0.717, 1.165) is 42.6 Å². The molecule has 1 amide bonds. The van der Waals surface area contributed by atoms with Gasteiger partial charge in [0.1, 0.15) is 11.7 Å². The summed E-state index contributed by atoms with van der Waals surface area (Å²) in [4.78, 5) is 30.9. The van der Waals surface area contributed by atoms with Crippen molar-refractivity contribution in [3.8, 4) is 0 Å². The van der Waals surface area contributed by atoms with Crippen LogP contribution in [0.4, 0.5) is 17.3 Å². The normalized spacial score (nSPS) is 15.8. The fraction of sp³-hybridized carbons (Fsp3) is 0.440. The number of carbonyl (C=O) groups excluding carboxylic acids is 1. The maximum Gasteiger partial charge on any atom is 0.224 e.